The first-order valence-corrected chi connectivity index (χ1v) is 5.00. The quantitative estimate of drug-likeness (QED) is 0.655. The molecule has 11 heavy (non-hydrogen) atoms. The molecule has 0 fully saturated rings. The van der Waals surface area contributed by atoms with E-state index in [1.54, 1.807) is 19.2 Å². The molecular weight excluding hydrogens is 158 g/mol. The van der Waals surface area contributed by atoms with Crippen LogP contribution in [0.4, 0.5) is 0 Å². The Kier molecular flexibility index (Phi) is 2.31. The van der Waals surface area contributed by atoms with E-state index in [2.05, 4.69) is 10.6 Å². The molecule has 0 aliphatic rings. The fraction of sp³-hybridized carbons (Fsp3) is 0.125. The van der Waals surface area contributed by atoms with Gasteiger partial charge >= 0.3 is 0 Å². The van der Waals surface area contributed by atoms with Crippen molar-refractivity contribution in [2.75, 3.05) is 7.05 Å². The first-order chi connectivity index (χ1) is 5.17. The van der Waals surface area contributed by atoms with Crippen LogP contribution in [0.2, 0.25) is 0 Å². The summed E-state index contributed by atoms with van der Waals surface area (Å²) in [5, 5.41) is 0. The Labute approximate surface area is 67.4 Å². The molecule has 0 saturated heterocycles. The molecule has 3 heteroatoms. The Morgan fingerprint density at radius 3 is 2.36 bits per heavy atom. The standard InChI is InChI=1S/C8H11NOS/c1-9-11(2,10)8-6-4-3-5-7-8/h3-7H,2H2,1H3,(H,9,10). The summed E-state index contributed by atoms with van der Waals surface area (Å²) in [5.41, 5.74) is 0. The summed E-state index contributed by atoms with van der Waals surface area (Å²) < 4.78 is 14.2. The molecule has 0 aromatic heterocycles. The second-order valence-corrected chi connectivity index (χ2v) is 4.42. The lowest BCUT2D eigenvalue weighted by Crippen LogP contribution is -2.17. The van der Waals surface area contributed by atoms with Gasteiger partial charge in [-0.05, 0) is 25.1 Å². The maximum absolute atomic E-state index is 11.5. The molecule has 0 radical (unpaired) electrons. The number of hydrogen-bond acceptors (Lipinski definition) is 1. The molecule has 1 N–H and O–H groups in total. The second-order valence-electron chi connectivity index (χ2n) is 2.19. The van der Waals surface area contributed by atoms with Crippen molar-refractivity contribution in [3.8, 4) is 0 Å². The molecule has 1 aromatic carbocycles. The number of nitrogens with one attached hydrogen (secondary N) is 1. The van der Waals surface area contributed by atoms with Crippen molar-refractivity contribution in [2.45, 2.75) is 4.90 Å². The van der Waals surface area contributed by atoms with Crippen molar-refractivity contribution >= 4 is 15.6 Å². The molecule has 0 heterocycles. The van der Waals surface area contributed by atoms with E-state index in [1.807, 2.05) is 18.2 Å². The van der Waals surface area contributed by atoms with Gasteiger partial charge in [0, 0.05) is 4.90 Å². The zero-order valence-electron chi connectivity index (χ0n) is 6.41. The van der Waals surface area contributed by atoms with Crippen LogP contribution in [0.5, 0.6) is 0 Å². The van der Waals surface area contributed by atoms with Gasteiger partial charge in [-0.15, -0.1) is 0 Å². The van der Waals surface area contributed by atoms with E-state index in [0.717, 1.165) is 4.90 Å². The summed E-state index contributed by atoms with van der Waals surface area (Å²) in [6, 6.07) is 9.17. The fourth-order valence-electron chi connectivity index (χ4n) is 0.758. The highest BCUT2D eigenvalue weighted by Gasteiger charge is 2.00. The van der Waals surface area contributed by atoms with Crippen molar-refractivity contribution in [3.05, 3.63) is 30.3 Å². The molecule has 0 aliphatic carbocycles. The van der Waals surface area contributed by atoms with E-state index in [0.29, 0.717) is 0 Å². The molecule has 0 saturated carbocycles. The van der Waals surface area contributed by atoms with E-state index < -0.39 is 9.71 Å². The fourth-order valence-corrected chi connectivity index (χ4v) is 1.59. The lowest BCUT2D eigenvalue weighted by atomic mass is 10.4. The van der Waals surface area contributed by atoms with Crippen LogP contribution in [0.3, 0.4) is 0 Å². The van der Waals surface area contributed by atoms with Crippen molar-refractivity contribution in [1.29, 1.82) is 0 Å². The van der Waals surface area contributed by atoms with E-state index in [1.165, 1.54) is 0 Å². The van der Waals surface area contributed by atoms with Crippen molar-refractivity contribution in [3.63, 3.8) is 0 Å². The van der Waals surface area contributed by atoms with Gasteiger partial charge in [0.1, 0.15) is 0 Å². The van der Waals surface area contributed by atoms with E-state index >= 15 is 0 Å². The van der Waals surface area contributed by atoms with Gasteiger partial charge < -0.3 is 0 Å². The van der Waals surface area contributed by atoms with Crippen LogP contribution in [0.25, 0.3) is 0 Å². The molecule has 60 valence electrons. The normalized spacial score (nSPS) is 15.7. The van der Waals surface area contributed by atoms with Crippen LogP contribution < -0.4 is 4.72 Å². The summed E-state index contributed by atoms with van der Waals surface area (Å²) in [7, 11) is -0.607. The zero-order valence-corrected chi connectivity index (χ0v) is 7.23. The third-order valence-corrected chi connectivity index (χ3v) is 3.15. The predicted molar refractivity (Wildman–Crippen MR) is 49.0 cm³/mol. The van der Waals surface area contributed by atoms with Crippen LogP contribution in [-0.4, -0.2) is 17.1 Å². The summed E-state index contributed by atoms with van der Waals surface area (Å²) in [6.45, 7) is 0. The third-order valence-electron chi connectivity index (χ3n) is 1.45. The van der Waals surface area contributed by atoms with Crippen LogP contribution in [0.1, 0.15) is 0 Å². The molecule has 0 aliphatic heterocycles. The Morgan fingerprint density at radius 2 is 1.91 bits per heavy atom. The third kappa shape index (κ3) is 1.82. The van der Waals surface area contributed by atoms with E-state index in [9.17, 15) is 4.21 Å². The highest BCUT2D eigenvalue weighted by molar-refractivity contribution is 7.98. The lowest BCUT2D eigenvalue weighted by Gasteiger charge is -2.05. The lowest BCUT2D eigenvalue weighted by molar-refractivity contribution is 0.676. The van der Waals surface area contributed by atoms with E-state index in [4.69, 9.17) is 0 Å². The smallest absolute Gasteiger partial charge is 0.0530 e. The van der Waals surface area contributed by atoms with Gasteiger partial charge in [-0.2, -0.15) is 0 Å². The van der Waals surface area contributed by atoms with Gasteiger partial charge in [-0.1, -0.05) is 18.2 Å². The number of benzene rings is 1. The summed E-state index contributed by atoms with van der Waals surface area (Å²) in [6.07, 6.45) is 0. The van der Waals surface area contributed by atoms with Gasteiger partial charge in [0.25, 0.3) is 0 Å². The predicted octanol–water partition coefficient (Wildman–Crippen LogP) is 0.896. The Hall–Kier alpha value is -0.800. The topological polar surface area (TPSA) is 29.1 Å². The van der Waals surface area contributed by atoms with Crippen molar-refractivity contribution < 1.29 is 4.21 Å². The highest BCUT2D eigenvalue weighted by Crippen LogP contribution is 2.05. The average molecular weight is 169 g/mol. The minimum atomic E-state index is -2.25. The molecule has 0 bridgehead atoms. The Morgan fingerprint density at radius 1 is 1.36 bits per heavy atom. The summed E-state index contributed by atoms with van der Waals surface area (Å²) in [4.78, 5) is 0.738. The van der Waals surface area contributed by atoms with Gasteiger partial charge in [-0.3, -0.25) is 0 Å². The monoisotopic (exact) mass is 169 g/mol. The highest BCUT2D eigenvalue weighted by atomic mass is 32.2. The molecule has 2 nitrogen and oxygen atoms in total. The summed E-state index contributed by atoms with van der Waals surface area (Å²) in [5.74, 6) is 3.58. The molecule has 1 aromatic rings. The maximum Gasteiger partial charge on any atom is 0.0530 e. The molecule has 1 rings (SSSR count). The SMILES string of the molecule is C=S(=O)(NC)c1ccccc1. The van der Waals surface area contributed by atoms with E-state index in [-0.39, 0.29) is 0 Å². The van der Waals surface area contributed by atoms with Gasteiger partial charge in [0.15, 0.2) is 0 Å². The Bertz CT molecular complexity index is 315. The largest absolute Gasteiger partial charge is 0.248 e. The minimum Gasteiger partial charge on any atom is -0.248 e. The molecule has 0 spiro atoms. The van der Waals surface area contributed by atoms with Gasteiger partial charge in [-0.25, -0.2) is 8.93 Å². The summed E-state index contributed by atoms with van der Waals surface area (Å²) >= 11 is 0. The first-order valence-electron chi connectivity index (χ1n) is 3.27. The number of hydrogen-bond donors (Lipinski definition) is 1. The molecular formula is C8H11NOS. The van der Waals surface area contributed by atoms with Gasteiger partial charge in [0.05, 0.1) is 9.71 Å². The second kappa shape index (κ2) is 3.07. The van der Waals surface area contributed by atoms with Crippen molar-refractivity contribution in [2.24, 2.45) is 0 Å². The average Bonchev–Trinajstić information content (AvgIpc) is 2.06. The minimum absolute atomic E-state index is 0.738. The van der Waals surface area contributed by atoms with Crippen LogP contribution in [-0.2, 0) is 9.71 Å². The van der Waals surface area contributed by atoms with Crippen LogP contribution in [0.15, 0.2) is 35.2 Å². The maximum atomic E-state index is 11.5. The molecule has 0 amide bonds. The zero-order chi connectivity index (χ0) is 8.32. The number of rotatable bonds is 2. The first kappa shape index (κ1) is 8.30. The molecule has 1 atom stereocenters. The van der Waals surface area contributed by atoms with Crippen molar-refractivity contribution in [1.82, 2.24) is 4.72 Å². The van der Waals surface area contributed by atoms with Crippen LogP contribution in [0, 0.1) is 0 Å². The van der Waals surface area contributed by atoms with Crippen LogP contribution >= 0.6 is 0 Å². The Balaban J connectivity index is 3.14. The van der Waals surface area contributed by atoms with Gasteiger partial charge in [0.2, 0.25) is 0 Å². The molecule has 1 unspecified atom stereocenters.